The van der Waals surface area contributed by atoms with Crippen molar-refractivity contribution in [1.82, 2.24) is 15.0 Å². The van der Waals surface area contributed by atoms with E-state index in [4.69, 9.17) is 0 Å². The van der Waals surface area contributed by atoms with Gasteiger partial charge in [0.1, 0.15) is 5.75 Å². The molecule has 3 N–H and O–H groups in total. The first-order valence-electron chi connectivity index (χ1n) is 10.3. The van der Waals surface area contributed by atoms with E-state index in [1.807, 2.05) is 0 Å². The molecule has 1 aromatic heterocycles. The average Bonchev–Trinajstić information content (AvgIpc) is 2.82. The summed E-state index contributed by atoms with van der Waals surface area (Å²) in [5.74, 6) is 1.15. The van der Waals surface area contributed by atoms with Crippen LogP contribution in [0.1, 0.15) is 24.8 Å². The van der Waals surface area contributed by atoms with Crippen molar-refractivity contribution in [3.8, 4) is 5.75 Å². The van der Waals surface area contributed by atoms with Gasteiger partial charge in [0.25, 0.3) is 5.69 Å². The van der Waals surface area contributed by atoms with Crippen molar-refractivity contribution in [3.05, 3.63) is 61.7 Å². The molecule has 0 spiro atoms. The number of rotatable bonds is 7. The molecule has 170 valence electrons. The smallest absolute Gasteiger partial charge is 0.269 e. The van der Waals surface area contributed by atoms with Gasteiger partial charge in [-0.25, -0.2) is 5.43 Å². The van der Waals surface area contributed by atoms with Crippen molar-refractivity contribution in [1.29, 1.82) is 0 Å². The van der Waals surface area contributed by atoms with Gasteiger partial charge in [0.15, 0.2) is 0 Å². The summed E-state index contributed by atoms with van der Waals surface area (Å²) in [5.41, 5.74) is 3.97. The fourth-order valence-electron chi connectivity index (χ4n) is 3.29. The second-order valence-electron chi connectivity index (χ2n) is 7.33. The Balaban J connectivity index is 1.57. The third-order valence-electron chi connectivity index (χ3n) is 4.95. The Kier molecular flexibility index (Phi) is 7.12. The van der Waals surface area contributed by atoms with Crippen LogP contribution in [0.3, 0.4) is 0 Å². The summed E-state index contributed by atoms with van der Waals surface area (Å²) in [7, 11) is 0. The van der Waals surface area contributed by atoms with Crippen molar-refractivity contribution in [2.24, 2.45) is 5.10 Å². The number of nitro benzene ring substituents is 1. The molecule has 0 amide bonds. The molecular weight excluding hydrogens is 539 g/mol. The summed E-state index contributed by atoms with van der Waals surface area (Å²) in [6.45, 7) is 1.69. The van der Waals surface area contributed by atoms with Crippen molar-refractivity contribution in [3.63, 3.8) is 0 Å². The van der Waals surface area contributed by atoms with Crippen LogP contribution >= 0.6 is 22.6 Å². The molecule has 0 bridgehead atoms. The Hall–Kier alpha value is -3.55. The minimum absolute atomic E-state index is 0.000667. The van der Waals surface area contributed by atoms with Crippen LogP contribution < -0.4 is 15.6 Å². The minimum atomic E-state index is -0.452. The summed E-state index contributed by atoms with van der Waals surface area (Å²) < 4.78 is 0.967. The molecule has 1 aliphatic heterocycles. The van der Waals surface area contributed by atoms with Crippen LogP contribution in [0.15, 0.2) is 47.6 Å². The number of nitrogens with zero attached hydrogens (tertiary/aromatic N) is 6. The number of aromatic hydroxyl groups is 1. The standard InChI is InChI=1S/C21H21IN8O3/c22-15-4-9-18(31)14(12-15)13-23-28-20-25-19(24-16-5-7-17(8-6-16)30(32)33)26-21(27-20)29-10-2-1-3-11-29/h4-9,12-13,31H,1-3,10-11H2,(H2,24,25,26,27,28)/b23-13-. The highest BCUT2D eigenvalue weighted by molar-refractivity contribution is 14.1. The highest BCUT2D eigenvalue weighted by Crippen LogP contribution is 2.22. The average molecular weight is 560 g/mol. The molecule has 1 saturated heterocycles. The van der Waals surface area contributed by atoms with Gasteiger partial charge in [-0.05, 0) is 72.2 Å². The zero-order valence-corrected chi connectivity index (χ0v) is 19.6. The Morgan fingerprint density at radius 2 is 1.79 bits per heavy atom. The van der Waals surface area contributed by atoms with Gasteiger partial charge in [-0.2, -0.15) is 20.1 Å². The number of nitrogens with one attached hydrogen (secondary N) is 2. The molecule has 0 unspecified atom stereocenters. The molecule has 1 aliphatic rings. The van der Waals surface area contributed by atoms with Crippen molar-refractivity contribution in [2.45, 2.75) is 19.3 Å². The lowest BCUT2D eigenvalue weighted by molar-refractivity contribution is -0.384. The molecule has 0 aliphatic carbocycles. The van der Waals surface area contributed by atoms with E-state index in [1.165, 1.54) is 24.8 Å². The Morgan fingerprint density at radius 3 is 2.52 bits per heavy atom. The predicted molar refractivity (Wildman–Crippen MR) is 134 cm³/mol. The lowest BCUT2D eigenvalue weighted by atomic mass is 10.1. The van der Waals surface area contributed by atoms with Gasteiger partial charge in [-0.3, -0.25) is 10.1 Å². The monoisotopic (exact) mass is 560 g/mol. The maximum absolute atomic E-state index is 10.9. The van der Waals surface area contributed by atoms with Crippen LogP contribution in [0, 0.1) is 13.7 Å². The highest BCUT2D eigenvalue weighted by Gasteiger charge is 2.16. The first kappa shape index (κ1) is 22.6. The normalized spacial score (nSPS) is 13.8. The number of hydrogen-bond donors (Lipinski definition) is 3. The number of nitro groups is 1. The molecule has 0 radical (unpaired) electrons. The number of phenolic OH excluding ortho intramolecular Hbond substituents is 1. The Bertz CT molecular complexity index is 1170. The van der Waals surface area contributed by atoms with Crippen molar-refractivity contribution in [2.75, 3.05) is 28.7 Å². The SMILES string of the molecule is O=[N+]([O-])c1ccc(Nc2nc(N/N=C\c3cc(I)ccc3O)nc(N3CCCCC3)n2)cc1. The Morgan fingerprint density at radius 1 is 1.06 bits per heavy atom. The molecule has 12 heteroatoms. The molecule has 0 saturated carbocycles. The summed E-state index contributed by atoms with van der Waals surface area (Å²) in [6.07, 6.45) is 4.78. The van der Waals surface area contributed by atoms with E-state index in [-0.39, 0.29) is 23.3 Å². The van der Waals surface area contributed by atoms with Gasteiger partial charge in [0.2, 0.25) is 17.8 Å². The Labute approximate surface area is 203 Å². The molecule has 0 atom stereocenters. The molecule has 33 heavy (non-hydrogen) atoms. The second kappa shape index (κ2) is 10.4. The highest BCUT2D eigenvalue weighted by atomic mass is 127. The molecule has 11 nitrogen and oxygen atoms in total. The zero-order chi connectivity index (χ0) is 23.2. The summed E-state index contributed by atoms with van der Waals surface area (Å²) in [4.78, 5) is 25.9. The second-order valence-corrected chi connectivity index (χ2v) is 8.58. The third kappa shape index (κ3) is 6.03. The van der Waals surface area contributed by atoms with Gasteiger partial charge >= 0.3 is 0 Å². The summed E-state index contributed by atoms with van der Waals surface area (Å²) in [6, 6.07) is 11.2. The lowest BCUT2D eigenvalue weighted by Gasteiger charge is -2.26. The van der Waals surface area contributed by atoms with Crippen molar-refractivity contribution < 1.29 is 10.0 Å². The lowest BCUT2D eigenvalue weighted by Crippen LogP contribution is -2.31. The van der Waals surface area contributed by atoms with E-state index in [9.17, 15) is 15.2 Å². The van der Waals surface area contributed by atoms with Crippen LogP contribution in [0.2, 0.25) is 0 Å². The third-order valence-corrected chi connectivity index (χ3v) is 5.63. The zero-order valence-electron chi connectivity index (χ0n) is 17.5. The van der Waals surface area contributed by atoms with Crippen LogP contribution in [-0.2, 0) is 0 Å². The number of anilines is 4. The van der Waals surface area contributed by atoms with Gasteiger partial charge in [-0.15, -0.1) is 0 Å². The largest absolute Gasteiger partial charge is 0.507 e. The van der Waals surface area contributed by atoms with Crippen LogP contribution in [0.5, 0.6) is 5.75 Å². The van der Waals surface area contributed by atoms with E-state index in [1.54, 1.807) is 30.3 Å². The van der Waals surface area contributed by atoms with E-state index < -0.39 is 4.92 Å². The number of non-ortho nitro benzene ring substituents is 1. The fraction of sp³-hybridized carbons (Fsp3) is 0.238. The minimum Gasteiger partial charge on any atom is -0.507 e. The van der Waals surface area contributed by atoms with E-state index in [2.05, 4.69) is 58.3 Å². The van der Waals surface area contributed by atoms with Gasteiger partial charge in [0.05, 0.1) is 11.1 Å². The summed E-state index contributed by atoms with van der Waals surface area (Å²) in [5, 5.41) is 28.1. The van der Waals surface area contributed by atoms with E-state index in [0.717, 1.165) is 29.5 Å². The maximum atomic E-state index is 10.9. The molecule has 2 heterocycles. The topological polar surface area (TPSA) is 142 Å². The van der Waals surface area contributed by atoms with Gasteiger partial charge in [0, 0.05) is 40.0 Å². The number of phenols is 1. The molecule has 1 fully saturated rings. The van der Waals surface area contributed by atoms with Crippen LogP contribution in [0.4, 0.5) is 29.2 Å². The van der Waals surface area contributed by atoms with E-state index in [0.29, 0.717) is 17.2 Å². The van der Waals surface area contributed by atoms with Gasteiger partial charge in [-0.1, -0.05) is 0 Å². The van der Waals surface area contributed by atoms with Crippen LogP contribution in [-0.4, -0.2) is 44.3 Å². The number of hydrogen-bond acceptors (Lipinski definition) is 10. The van der Waals surface area contributed by atoms with Gasteiger partial charge < -0.3 is 15.3 Å². The van der Waals surface area contributed by atoms with Crippen molar-refractivity contribution >= 4 is 58.0 Å². The molecule has 2 aromatic carbocycles. The fourth-order valence-corrected chi connectivity index (χ4v) is 3.81. The first-order valence-corrected chi connectivity index (χ1v) is 11.4. The number of piperidine rings is 1. The maximum Gasteiger partial charge on any atom is 0.269 e. The summed E-state index contributed by atoms with van der Waals surface area (Å²) >= 11 is 2.16. The number of aromatic nitrogens is 3. The predicted octanol–water partition coefficient (Wildman–Crippen LogP) is 4.27. The first-order chi connectivity index (χ1) is 16.0. The number of hydrazone groups is 1. The van der Waals surface area contributed by atoms with Crippen LogP contribution in [0.25, 0.3) is 0 Å². The molecule has 3 aromatic rings. The number of benzene rings is 2. The number of halogens is 1. The quantitative estimate of drug-likeness (QED) is 0.167. The molecule has 4 rings (SSSR count). The molecular formula is C21H21IN8O3. The van der Waals surface area contributed by atoms with E-state index >= 15 is 0 Å².